The van der Waals surface area contributed by atoms with Gasteiger partial charge in [-0.25, -0.2) is 0 Å². The molecule has 2 rings (SSSR count). The lowest BCUT2D eigenvalue weighted by molar-refractivity contribution is -0.300. The van der Waals surface area contributed by atoms with E-state index in [1.165, 1.54) is 11.8 Å². The largest absolute Gasteiger partial charge is 0.542 e. The maximum Gasteiger partial charge on any atom is 0.190 e. The highest BCUT2D eigenvalue weighted by Gasteiger charge is 2.46. The average molecular weight is 263 g/mol. The molecule has 1 unspecified atom stereocenters. The van der Waals surface area contributed by atoms with Crippen molar-refractivity contribution in [1.29, 1.82) is 0 Å². The zero-order chi connectivity index (χ0) is 13.5. The summed E-state index contributed by atoms with van der Waals surface area (Å²) in [5.74, 6) is -4.58. The average Bonchev–Trinajstić information content (AvgIpc) is 2.27. The standard InChI is InChI=1S/C13H12O4S/c1-13(2)9(11(15)12(16)17)10(14)7-5-3-4-6-8(7)18-13/h3-6,9H,1-2H3,(H,16,17)/p-1. The molecule has 0 N–H and O–H groups in total. The van der Waals surface area contributed by atoms with E-state index in [0.29, 0.717) is 5.56 Å². The molecule has 0 bridgehead atoms. The van der Waals surface area contributed by atoms with E-state index in [2.05, 4.69) is 0 Å². The summed E-state index contributed by atoms with van der Waals surface area (Å²) in [5.41, 5.74) is 0.404. The van der Waals surface area contributed by atoms with Gasteiger partial charge in [0.25, 0.3) is 0 Å². The van der Waals surface area contributed by atoms with Crippen LogP contribution in [0.5, 0.6) is 0 Å². The Bertz CT molecular complexity index is 548. The number of carbonyl (C=O) groups is 3. The first kappa shape index (κ1) is 12.8. The molecule has 1 aromatic rings. The molecule has 0 aliphatic carbocycles. The molecule has 0 amide bonds. The van der Waals surface area contributed by atoms with Crippen LogP contribution in [0.25, 0.3) is 0 Å². The number of rotatable bonds is 2. The molecule has 0 fully saturated rings. The van der Waals surface area contributed by atoms with Crippen molar-refractivity contribution in [3.05, 3.63) is 29.8 Å². The Kier molecular flexibility index (Phi) is 3.02. The first-order valence-corrected chi connectivity index (χ1v) is 6.23. The molecule has 1 atom stereocenters. The fourth-order valence-corrected chi connectivity index (χ4v) is 3.45. The van der Waals surface area contributed by atoms with Crippen molar-refractivity contribution < 1.29 is 19.5 Å². The van der Waals surface area contributed by atoms with E-state index in [1.807, 2.05) is 0 Å². The van der Waals surface area contributed by atoms with Crippen molar-refractivity contribution in [3.8, 4) is 0 Å². The Hall–Kier alpha value is -1.62. The number of hydrogen-bond donors (Lipinski definition) is 0. The summed E-state index contributed by atoms with van der Waals surface area (Å²) in [4.78, 5) is 35.4. The van der Waals surface area contributed by atoms with Crippen molar-refractivity contribution in [2.75, 3.05) is 0 Å². The first-order chi connectivity index (χ1) is 8.34. The molecule has 0 radical (unpaired) electrons. The fourth-order valence-electron chi connectivity index (χ4n) is 2.13. The van der Waals surface area contributed by atoms with Gasteiger partial charge in [-0.05, 0) is 19.9 Å². The predicted molar refractivity (Wildman–Crippen MR) is 64.2 cm³/mol. The second-order valence-corrected chi connectivity index (χ2v) is 6.35. The van der Waals surface area contributed by atoms with Crippen LogP contribution in [0.1, 0.15) is 24.2 Å². The Morgan fingerprint density at radius 3 is 2.50 bits per heavy atom. The van der Waals surface area contributed by atoms with E-state index in [4.69, 9.17) is 0 Å². The summed E-state index contributed by atoms with van der Waals surface area (Å²) in [6.45, 7) is 3.38. The van der Waals surface area contributed by atoms with Crippen LogP contribution in [0.3, 0.4) is 0 Å². The summed E-state index contributed by atoms with van der Waals surface area (Å²) in [7, 11) is 0. The number of Topliss-reactive ketones (excluding diaryl/α,β-unsaturated/α-hetero) is 2. The van der Waals surface area contributed by atoms with Gasteiger partial charge in [-0.2, -0.15) is 0 Å². The van der Waals surface area contributed by atoms with Crippen LogP contribution in [0, 0.1) is 5.92 Å². The molecule has 1 aliphatic heterocycles. The van der Waals surface area contributed by atoms with Crippen LogP contribution >= 0.6 is 11.8 Å². The monoisotopic (exact) mass is 263 g/mol. The molecule has 94 valence electrons. The summed E-state index contributed by atoms with van der Waals surface area (Å²) in [6.07, 6.45) is 0. The van der Waals surface area contributed by atoms with Gasteiger partial charge in [-0.1, -0.05) is 18.2 Å². The highest BCUT2D eigenvalue weighted by atomic mass is 32.2. The molecular formula is C13H11O4S-. The first-order valence-electron chi connectivity index (χ1n) is 5.42. The zero-order valence-electron chi connectivity index (χ0n) is 9.93. The van der Waals surface area contributed by atoms with Gasteiger partial charge in [-0.15, -0.1) is 11.8 Å². The minimum Gasteiger partial charge on any atom is -0.542 e. The highest BCUT2D eigenvalue weighted by molar-refractivity contribution is 8.01. The number of aliphatic carboxylic acids is 1. The Labute approximate surface area is 108 Å². The molecule has 1 aliphatic rings. The van der Waals surface area contributed by atoms with E-state index in [0.717, 1.165) is 4.90 Å². The predicted octanol–water partition coefficient (Wildman–Crippen LogP) is 0.689. The maximum atomic E-state index is 12.3. The number of ketones is 2. The molecule has 5 heteroatoms. The summed E-state index contributed by atoms with van der Waals surface area (Å²) < 4.78 is -0.789. The Morgan fingerprint density at radius 2 is 1.89 bits per heavy atom. The lowest BCUT2D eigenvalue weighted by Crippen LogP contribution is -2.49. The van der Waals surface area contributed by atoms with Gasteiger partial charge in [0.1, 0.15) is 11.9 Å². The second-order valence-electron chi connectivity index (χ2n) is 4.65. The number of benzene rings is 1. The molecule has 0 saturated carbocycles. The van der Waals surface area contributed by atoms with Crippen LogP contribution in [-0.4, -0.2) is 22.3 Å². The minimum absolute atomic E-state index is 0.404. The molecule has 1 heterocycles. The van der Waals surface area contributed by atoms with Gasteiger partial charge in [-0.3, -0.25) is 9.59 Å². The van der Waals surface area contributed by atoms with Gasteiger partial charge < -0.3 is 9.90 Å². The Morgan fingerprint density at radius 1 is 1.28 bits per heavy atom. The van der Waals surface area contributed by atoms with Gasteiger partial charge in [0.15, 0.2) is 11.6 Å². The molecule has 1 aromatic carbocycles. The lowest BCUT2D eigenvalue weighted by atomic mass is 9.83. The molecular weight excluding hydrogens is 252 g/mol. The smallest absolute Gasteiger partial charge is 0.190 e. The molecule has 4 nitrogen and oxygen atoms in total. The molecule has 0 spiro atoms. The van der Waals surface area contributed by atoms with Crippen LogP contribution in [0.2, 0.25) is 0 Å². The zero-order valence-corrected chi connectivity index (χ0v) is 10.7. The third-order valence-electron chi connectivity index (χ3n) is 2.95. The normalized spacial score (nSPS) is 21.2. The van der Waals surface area contributed by atoms with E-state index < -0.39 is 28.2 Å². The number of carbonyl (C=O) groups excluding carboxylic acids is 3. The summed E-state index contributed by atoms with van der Waals surface area (Å²) in [6, 6.07) is 6.89. The number of carboxylic acids is 1. The van der Waals surface area contributed by atoms with Crippen molar-refractivity contribution in [2.45, 2.75) is 23.5 Å². The van der Waals surface area contributed by atoms with E-state index >= 15 is 0 Å². The van der Waals surface area contributed by atoms with E-state index in [1.54, 1.807) is 38.1 Å². The van der Waals surface area contributed by atoms with E-state index in [-0.39, 0.29) is 0 Å². The van der Waals surface area contributed by atoms with Crippen LogP contribution in [0.4, 0.5) is 0 Å². The molecule has 0 saturated heterocycles. The van der Waals surface area contributed by atoms with E-state index in [9.17, 15) is 19.5 Å². The van der Waals surface area contributed by atoms with Crippen LogP contribution in [0.15, 0.2) is 29.2 Å². The number of hydrogen-bond acceptors (Lipinski definition) is 5. The lowest BCUT2D eigenvalue weighted by Gasteiger charge is -2.36. The fraction of sp³-hybridized carbons (Fsp3) is 0.308. The van der Waals surface area contributed by atoms with Gasteiger partial charge in [0.2, 0.25) is 0 Å². The second kappa shape index (κ2) is 4.24. The van der Waals surface area contributed by atoms with Crippen LogP contribution < -0.4 is 5.11 Å². The van der Waals surface area contributed by atoms with Crippen molar-refractivity contribution >= 4 is 29.3 Å². The highest BCUT2D eigenvalue weighted by Crippen LogP contribution is 2.46. The van der Waals surface area contributed by atoms with Gasteiger partial charge in [0.05, 0.1) is 0 Å². The van der Waals surface area contributed by atoms with Gasteiger partial charge >= 0.3 is 0 Å². The topological polar surface area (TPSA) is 74.3 Å². The number of carboxylic acid groups (broad SMARTS) is 1. The van der Waals surface area contributed by atoms with Crippen molar-refractivity contribution in [2.24, 2.45) is 5.92 Å². The molecule has 18 heavy (non-hydrogen) atoms. The third kappa shape index (κ3) is 1.95. The number of fused-ring (bicyclic) bond motifs is 1. The van der Waals surface area contributed by atoms with Crippen molar-refractivity contribution in [1.82, 2.24) is 0 Å². The molecule has 0 aromatic heterocycles. The minimum atomic E-state index is -1.80. The number of thioether (sulfide) groups is 1. The van der Waals surface area contributed by atoms with Gasteiger partial charge in [0, 0.05) is 15.2 Å². The SMILES string of the molecule is CC1(C)Sc2ccccc2C(=O)C1C(=O)C(=O)[O-]. The quantitative estimate of drug-likeness (QED) is 0.579. The maximum absolute atomic E-state index is 12.3. The Balaban J connectivity index is 2.53. The third-order valence-corrected chi connectivity index (χ3v) is 4.28. The van der Waals surface area contributed by atoms with Crippen LogP contribution in [-0.2, 0) is 9.59 Å². The van der Waals surface area contributed by atoms with Crippen molar-refractivity contribution in [3.63, 3.8) is 0 Å². The summed E-state index contributed by atoms with van der Waals surface area (Å²) in [5, 5.41) is 10.7. The summed E-state index contributed by atoms with van der Waals surface area (Å²) >= 11 is 1.34.